The molecule has 180 valence electrons. The second kappa shape index (κ2) is 8.15. The average molecular weight is 489 g/mol. The van der Waals surface area contributed by atoms with Crippen molar-refractivity contribution in [2.45, 2.75) is 38.8 Å². The van der Waals surface area contributed by atoms with Gasteiger partial charge in [0.1, 0.15) is 5.39 Å². The van der Waals surface area contributed by atoms with Crippen molar-refractivity contribution >= 4 is 33.9 Å². The quantitative estimate of drug-likeness (QED) is 0.349. The van der Waals surface area contributed by atoms with Crippen molar-refractivity contribution in [3.8, 4) is 0 Å². The second-order valence-electron chi connectivity index (χ2n) is 9.74. The molecule has 5 N–H and O–H groups in total. The Labute approximate surface area is 206 Å². The van der Waals surface area contributed by atoms with Crippen LogP contribution < -0.4 is 16.2 Å². The lowest BCUT2D eigenvalue weighted by molar-refractivity contribution is 0.187. The molecule has 0 amide bonds. The van der Waals surface area contributed by atoms with Crippen LogP contribution in [-0.2, 0) is 13.0 Å². The molecule has 8 nitrogen and oxygen atoms in total. The van der Waals surface area contributed by atoms with E-state index in [0.717, 1.165) is 47.7 Å². The number of benzene rings is 1. The van der Waals surface area contributed by atoms with E-state index in [0.29, 0.717) is 28.2 Å². The molecule has 1 spiro atoms. The molecule has 35 heavy (non-hydrogen) atoms. The van der Waals surface area contributed by atoms with Gasteiger partial charge in [0.05, 0.1) is 12.3 Å². The fourth-order valence-corrected chi connectivity index (χ4v) is 6.72. The number of piperidine rings is 1. The second-order valence-corrected chi connectivity index (χ2v) is 10.9. The van der Waals surface area contributed by atoms with Gasteiger partial charge in [0.25, 0.3) is 5.56 Å². The lowest BCUT2D eigenvalue weighted by atomic mass is 9.73. The summed E-state index contributed by atoms with van der Waals surface area (Å²) in [6.07, 6.45) is 2.89. The minimum absolute atomic E-state index is 0.0207. The molecule has 1 fully saturated rings. The normalized spacial score (nSPS) is 18.9. The van der Waals surface area contributed by atoms with Crippen molar-refractivity contribution in [3.63, 3.8) is 0 Å². The molecule has 1 aliphatic carbocycles. The highest BCUT2D eigenvalue weighted by Gasteiger charge is 2.46. The van der Waals surface area contributed by atoms with Crippen molar-refractivity contribution in [2.24, 2.45) is 11.1 Å². The molecule has 0 saturated carbocycles. The fraction of sp³-hybridized carbons (Fsp3) is 0.346. The van der Waals surface area contributed by atoms with E-state index in [4.69, 9.17) is 5.73 Å². The van der Waals surface area contributed by atoms with E-state index < -0.39 is 0 Å². The molecular formula is C26H28N6O2S. The monoisotopic (exact) mass is 488 g/mol. The van der Waals surface area contributed by atoms with Gasteiger partial charge >= 0.3 is 0 Å². The number of fused-ring (bicyclic) bond motifs is 2. The van der Waals surface area contributed by atoms with Gasteiger partial charge in [-0.05, 0) is 54.4 Å². The van der Waals surface area contributed by atoms with E-state index in [-0.39, 0.29) is 23.6 Å². The summed E-state index contributed by atoms with van der Waals surface area (Å²) in [5.74, 6) is 0.541. The van der Waals surface area contributed by atoms with Crippen LogP contribution in [0.5, 0.6) is 0 Å². The minimum atomic E-state index is -0.240. The third kappa shape index (κ3) is 3.45. The zero-order valence-electron chi connectivity index (χ0n) is 19.6. The Kier molecular flexibility index (Phi) is 5.17. The summed E-state index contributed by atoms with van der Waals surface area (Å²) in [5.41, 5.74) is 11.8. The topological polar surface area (TPSA) is 124 Å². The highest BCUT2D eigenvalue weighted by Crippen LogP contribution is 2.50. The number of aliphatic hydroxyl groups excluding tert-OH is 1. The van der Waals surface area contributed by atoms with Crippen molar-refractivity contribution in [1.82, 2.24) is 20.2 Å². The van der Waals surface area contributed by atoms with E-state index in [1.54, 1.807) is 0 Å². The predicted molar refractivity (Wildman–Crippen MR) is 139 cm³/mol. The smallest absolute Gasteiger partial charge is 0.264 e. The molecule has 6 rings (SSSR count). The first-order valence-corrected chi connectivity index (χ1v) is 12.7. The van der Waals surface area contributed by atoms with Gasteiger partial charge in [-0.3, -0.25) is 14.9 Å². The van der Waals surface area contributed by atoms with Crippen LogP contribution in [0.3, 0.4) is 0 Å². The number of rotatable bonds is 4. The maximum Gasteiger partial charge on any atom is 0.264 e. The van der Waals surface area contributed by atoms with E-state index in [9.17, 15) is 9.90 Å². The van der Waals surface area contributed by atoms with Gasteiger partial charge in [-0.25, -0.2) is 0 Å². The molecule has 0 radical (unpaired) electrons. The summed E-state index contributed by atoms with van der Waals surface area (Å²) >= 11 is 1.46. The van der Waals surface area contributed by atoms with Crippen LogP contribution in [0.2, 0.25) is 0 Å². The zero-order valence-corrected chi connectivity index (χ0v) is 20.4. The third-order valence-corrected chi connectivity index (χ3v) is 9.11. The number of thiophene rings is 1. The van der Waals surface area contributed by atoms with Gasteiger partial charge < -0.3 is 15.7 Å². The first kappa shape index (κ1) is 22.2. The number of hydrogen-bond acceptors (Lipinski definition) is 7. The minimum Gasteiger partial charge on any atom is -0.391 e. The van der Waals surface area contributed by atoms with Crippen LogP contribution in [0.4, 0.5) is 5.95 Å². The van der Waals surface area contributed by atoms with Gasteiger partial charge in [0, 0.05) is 34.5 Å². The number of aryl methyl sites for hydroxylation is 1. The average Bonchev–Trinajstić information content (AvgIpc) is 3.54. The summed E-state index contributed by atoms with van der Waals surface area (Å²) in [5, 5.41) is 17.2. The largest absolute Gasteiger partial charge is 0.391 e. The molecule has 1 aliphatic heterocycles. The predicted octanol–water partition coefficient (Wildman–Crippen LogP) is 3.41. The fourth-order valence-electron chi connectivity index (χ4n) is 5.71. The first-order valence-electron chi connectivity index (χ1n) is 11.9. The van der Waals surface area contributed by atoms with Gasteiger partial charge in [-0.2, -0.15) is 10.1 Å². The highest BCUT2D eigenvalue weighted by molar-refractivity contribution is 7.13. The van der Waals surface area contributed by atoms with E-state index in [2.05, 4.69) is 55.9 Å². The third-order valence-electron chi connectivity index (χ3n) is 7.83. The van der Waals surface area contributed by atoms with Crippen LogP contribution in [0.1, 0.15) is 51.0 Å². The van der Waals surface area contributed by atoms with Crippen LogP contribution in [-0.4, -0.2) is 38.4 Å². The van der Waals surface area contributed by atoms with Crippen LogP contribution in [0.15, 0.2) is 41.7 Å². The highest BCUT2D eigenvalue weighted by atomic mass is 32.1. The lowest BCUT2D eigenvalue weighted by Crippen LogP contribution is -2.45. The summed E-state index contributed by atoms with van der Waals surface area (Å²) in [7, 11) is 0. The van der Waals surface area contributed by atoms with Gasteiger partial charge in [0.2, 0.25) is 5.95 Å². The van der Waals surface area contributed by atoms with Crippen molar-refractivity contribution in [2.75, 3.05) is 18.0 Å². The number of nitrogens with one attached hydrogen (secondary N) is 2. The van der Waals surface area contributed by atoms with Crippen LogP contribution >= 0.6 is 11.3 Å². The molecule has 1 atom stereocenters. The number of nitrogens with zero attached hydrogens (tertiary/aromatic N) is 3. The molecule has 0 unspecified atom stereocenters. The molecule has 4 aromatic rings. The Morgan fingerprint density at radius 1 is 1.34 bits per heavy atom. The Morgan fingerprint density at radius 3 is 2.83 bits per heavy atom. The molecule has 2 aliphatic rings. The Morgan fingerprint density at radius 2 is 2.11 bits per heavy atom. The van der Waals surface area contributed by atoms with E-state index in [1.165, 1.54) is 22.5 Å². The van der Waals surface area contributed by atoms with Gasteiger partial charge in [-0.1, -0.05) is 30.8 Å². The SMILES string of the molecule is C=C(c1cc(C)c(CO)s1)c1[nH]nc2nc(N3CCC4(CC3)Cc3ccccc3[C@H]4N)[nH]c(=O)c12. The number of aromatic nitrogens is 4. The molecule has 1 aromatic carbocycles. The maximum absolute atomic E-state index is 13.2. The molecule has 3 aromatic heterocycles. The van der Waals surface area contributed by atoms with E-state index >= 15 is 0 Å². The number of anilines is 1. The number of H-pyrrole nitrogens is 2. The van der Waals surface area contributed by atoms with Gasteiger partial charge in [-0.15, -0.1) is 11.3 Å². The summed E-state index contributed by atoms with van der Waals surface area (Å²) in [6.45, 7) is 7.66. The van der Waals surface area contributed by atoms with E-state index in [1.807, 2.05) is 13.0 Å². The number of aromatic amines is 2. The Bertz CT molecular complexity index is 1510. The maximum atomic E-state index is 13.2. The standard InChI is InChI=1S/C26H28N6O2S/c1-14-11-18(35-19(14)13-33)15(2)21-20-23(31-30-21)28-25(29-24(20)34)32-9-7-26(8-10-32)12-16-5-3-4-6-17(16)22(26)27/h3-6,11,22,33H,2,7-10,12-13,27H2,1H3,(H2,28,29,30,31,34)/t22-/m1/s1. The molecule has 1 saturated heterocycles. The van der Waals surface area contributed by atoms with Crippen LogP contribution in [0, 0.1) is 12.3 Å². The summed E-state index contributed by atoms with van der Waals surface area (Å²) < 4.78 is 0. The van der Waals surface area contributed by atoms with Crippen molar-refractivity contribution < 1.29 is 5.11 Å². The number of hydrogen-bond donors (Lipinski definition) is 4. The Hall–Kier alpha value is -3.27. The molecular weight excluding hydrogens is 460 g/mol. The molecule has 4 heterocycles. The summed E-state index contributed by atoms with van der Waals surface area (Å²) in [4.78, 5) is 24.7. The van der Waals surface area contributed by atoms with Gasteiger partial charge in [0.15, 0.2) is 5.65 Å². The van der Waals surface area contributed by atoms with Crippen LogP contribution in [0.25, 0.3) is 16.6 Å². The first-order chi connectivity index (χ1) is 16.9. The molecule has 9 heteroatoms. The zero-order chi connectivity index (χ0) is 24.3. The Balaban J connectivity index is 1.25. The number of nitrogens with two attached hydrogens (primary N) is 1. The molecule has 0 bridgehead atoms. The summed E-state index contributed by atoms with van der Waals surface area (Å²) in [6, 6.07) is 10.5. The lowest BCUT2D eigenvalue weighted by Gasteiger charge is -2.42. The number of aliphatic hydroxyl groups is 1. The van der Waals surface area contributed by atoms with Crippen molar-refractivity contribution in [1.29, 1.82) is 0 Å². The van der Waals surface area contributed by atoms with Crippen molar-refractivity contribution in [3.05, 3.63) is 79.4 Å².